The second kappa shape index (κ2) is 7.11. The second-order valence-corrected chi connectivity index (χ2v) is 6.68. The van der Waals surface area contributed by atoms with Gasteiger partial charge in [0.25, 0.3) is 0 Å². The molecule has 4 rings (SSSR count). The van der Waals surface area contributed by atoms with E-state index in [4.69, 9.17) is 0 Å². The smallest absolute Gasteiger partial charge is 0.0700 e. The molecule has 2 heterocycles. The molecular formula is C21H24N4. The number of hydrogen-bond donors (Lipinski definition) is 2. The lowest BCUT2D eigenvalue weighted by Gasteiger charge is -2.12. The lowest BCUT2D eigenvalue weighted by molar-refractivity contribution is 0.285. The van der Waals surface area contributed by atoms with Crippen LogP contribution < -0.4 is 5.32 Å². The number of nitrogens with zero attached hydrogens (tertiary/aromatic N) is 2. The van der Waals surface area contributed by atoms with E-state index < -0.39 is 0 Å². The zero-order valence-corrected chi connectivity index (χ0v) is 14.6. The van der Waals surface area contributed by atoms with Gasteiger partial charge < -0.3 is 5.32 Å². The zero-order chi connectivity index (χ0) is 17.1. The summed E-state index contributed by atoms with van der Waals surface area (Å²) >= 11 is 0. The SMILES string of the molecule is CCCN1Cc2ccc(NCc3cn[nH]c3-c3ccccc3)cc2C1. The summed E-state index contributed by atoms with van der Waals surface area (Å²) in [4.78, 5) is 2.51. The molecule has 0 atom stereocenters. The summed E-state index contributed by atoms with van der Waals surface area (Å²) in [6, 6.07) is 17.1. The van der Waals surface area contributed by atoms with Gasteiger partial charge in [0, 0.05) is 30.9 Å². The number of aromatic nitrogens is 2. The molecule has 0 fully saturated rings. The molecule has 25 heavy (non-hydrogen) atoms. The normalized spacial score (nSPS) is 13.8. The van der Waals surface area contributed by atoms with Crippen LogP contribution in [0.3, 0.4) is 0 Å². The highest BCUT2D eigenvalue weighted by Gasteiger charge is 2.18. The Hall–Kier alpha value is -2.59. The highest BCUT2D eigenvalue weighted by molar-refractivity contribution is 5.63. The quantitative estimate of drug-likeness (QED) is 0.702. The van der Waals surface area contributed by atoms with Gasteiger partial charge >= 0.3 is 0 Å². The molecule has 1 aromatic heterocycles. The summed E-state index contributed by atoms with van der Waals surface area (Å²) < 4.78 is 0. The minimum atomic E-state index is 0.762. The Morgan fingerprint density at radius 2 is 1.92 bits per heavy atom. The maximum atomic E-state index is 4.23. The van der Waals surface area contributed by atoms with Crippen LogP contribution >= 0.6 is 0 Å². The molecule has 4 heteroatoms. The fourth-order valence-electron chi connectivity index (χ4n) is 3.55. The van der Waals surface area contributed by atoms with Gasteiger partial charge in [-0.3, -0.25) is 10.00 Å². The highest BCUT2D eigenvalue weighted by Crippen LogP contribution is 2.27. The van der Waals surface area contributed by atoms with Gasteiger partial charge in [0.1, 0.15) is 0 Å². The molecular weight excluding hydrogens is 308 g/mol. The van der Waals surface area contributed by atoms with E-state index in [1.54, 1.807) is 0 Å². The van der Waals surface area contributed by atoms with Crippen molar-refractivity contribution >= 4 is 5.69 Å². The van der Waals surface area contributed by atoms with Gasteiger partial charge in [0.05, 0.1) is 11.9 Å². The number of benzene rings is 2. The van der Waals surface area contributed by atoms with Gasteiger partial charge in [-0.05, 0) is 41.8 Å². The van der Waals surface area contributed by atoms with Gasteiger partial charge in [-0.25, -0.2) is 0 Å². The van der Waals surface area contributed by atoms with Crippen LogP contribution in [0.25, 0.3) is 11.3 Å². The van der Waals surface area contributed by atoms with E-state index in [1.165, 1.54) is 40.9 Å². The van der Waals surface area contributed by atoms with Crippen LogP contribution in [0.5, 0.6) is 0 Å². The number of H-pyrrole nitrogens is 1. The first-order chi connectivity index (χ1) is 12.3. The number of nitrogens with one attached hydrogen (secondary N) is 2. The van der Waals surface area contributed by atoms with Crippen molar-refractivity contribution in [1.29, 1.82) is 0 Å². The number of rotatable bonds is 6. The summed E-state index contributed by atoms with van der Waals surface area (Å²) in [5.41, 5.74) is 7.53. The van der Waals surface area contributed by atoms with Crippen LogP contribution in [0.1, 0.15) is 30.0 Å². The van der Waals surface area contributed by atoms with E-state index >= 15 is 0 Å². The van der Waals surface area contributed by atoms with Crippen molar-refractivity contribution in [2.45, 2.75) is 33.0 Å². The monoisotopic (exact) mass is 332 g/mol. The Kier molecular flexibility index (Phi) is 4.53. The molecule has 3 aromatic rings. The molecule has 0 amide bonds. The minimum absolute atomic E-state index is 0.762. The minimum Gasteiger partial charge on any atom is -0.381 e. The Morgan fingerprint density at radius 3 is 2.76 bits per heavy atom. The fraction of sp³-hybridized carbons (Fsp3) is 0.286. The van der Waals surface area contributed by atoms with Crippen molar-refractivity contribution in [1.82, 2.24) is 15.1 Å². The topological polar surface area (TPSA) is 44.0 Å². The fourth-order valence-corrected chi connectivity index (χ4v) is 3.55. The standard InChI is InChI=1S/C21H24N4/c1-2-10-25-14-17-8-9-20(11-18(17)15-25)22-12-19-13-23-24-21(19)16-6-4-3-5-7-16/h3-9,11,13,22H,2,10,12,14-15H2,1H3,(H,23,24). The van der Waals surface area contributed by atoms with Crippen LogP contribution in [0, 0.1) is 0 Å². The van der Waals surface area contributed by atoms with Gasteiger partial charge in [0.15, 0.2) is 0 Å². The second-order valence-electron chi connectivity index (χ2n) is 6.68. The van der Waals surface area contributed by atoms with E-state index in [0.29, 0.717) is 0 Å². The van der Waals surface area contributed by atoms with Gasteiger partial charge in [0.2, 0.25) is 0 Å². The van der Waals surface area contributed by atoms with E-state index in [9.17, 15) is 0 Å². The molecule has 4 nitrogen and oxygen atoms in total. The molecule has 0 spiro atoms. The average molecular weight is 332 g/mol. The molecule has 0 unspecified atom stereocenters. The number of anilines is 1. The number of fused-ring (bicyclic) bond motifs is 1. The third-order valence-corrected chi connectivity index (χ3v) is 4.80. The third kappa shape index (κ3) is 3.44. The summed E-state index contributed by atoms with van der Waals surface area (Å²) in [6.45, 7) is 6.33. The molecule has 0 aliphatic carbocycles. The molecule has 0 saturated heterocycles. The number of hydrogen-bond acceptors (Lipinski definition) is 3. The summed E-state index contributed by atoms with van der Waals surface area (Å²) in [5.74, 6) is 0. The first-order valence-corrected chi connectivity index (χ1v) is 8.99. The average Bonchev–Trinajstić information content (AvgIpc) is 3.27. The molecule has 1 aliphatic heterocycles. The van der Waals surface area contributed by atoms with Gasteiger partial charge in [-0.1, -0.05) is 43.3 Å². The highest BCUT2D eigenvalue weighted by atomic mass is 15.1. The molecule has 0 saturated carbocycles. The predicted octanol–water partition coefficient (Wildman–Crippen LogP) is 4.41. The molecule has 2 aromatic carbocycles. The summed E-state index contributed by atoms with van der Waals surface area (Å²) in [6.07, 6.45) is 3.12. The van der Waals surface area contributed by atoms with E-state index in [1.807, 2.05) is 12.3 Å². The maximum absolute atomic E-state index is 4.23. The van der Waals surface area contributed by atoms with Gasteiger partial charge in [-0.2, -0.15) is 5.10 Å². The zero-order valence-electron chi connectivity index (χ0n) is 14.6. The first kappa shape index (κ1) is 15.9. The summed E-state index contributed by atoms with van der Waals surface area (Å²) in [7, 11) is 0. The molecule has 0 bridgehead atoms. The number of aromatic amines is 1. The van der Waals surface area contributed by atoms with Crippen molar-refractivity contribution in [2.24, 2.45) is 0 Å². The van der Waals surface area contributed by atoms with Crippen molar-refractivity contribution in [3.8, 4) is 11.3 Å². The van der Waals surface area contributed by atoms with E-state index in [2.05, 4.69) is 69.8 Å². The Morgan fingerprint density at radius 1 is 1.08 bits per heavy atom. The predicted molar refractivity (Wildman–Crippen MR) is 102 cm³/mol. The van der Waals surface area contributed by atoms with Crippen molar-refractivity contribution in [2.75, 3.05) is 11.9 Å². The largest absolute Gasteiger partial charge is 0.381 e. The molecule has 2 N–H and O–H groups in total. The lowest BCUT2D eigenvalue weighted by atomic mass is 10.1. The van der Waals surface area contributed by atoms with Crippen LogP contribution in [-0.4, -0.2) is 21.6 Å². The summed E-state index contributed by atoms with van der Waals surface area (Å²) in [5, 5.41) is 10.9. The van der Waals surface area contributed by atoms with Crippen molar-refractivity contribution in [3.05, 3.63) is 71.4 Å². The van der Waals surface area contributed by atoms with Crippen molar-refractivity contribution in [3.63, 3.8) is 0 Å². The lowest BCUT2D eigenvalue weighted by Crippen LogP contribution is -2.16. The maximum Gasteiger partial charge on any atom is 0.0700 e. The van der Waals surface area contributed by atoms with E-state index in [0.717, 1.165) is 25.3 Å². The van der Waals surface area contributed by atoms with Crippen molar-refractivity contribution < 1.29 is 0 Å². The van der Waals surface area contributed by atoms with Crippen LogP contribution in [0.2, 0.25) is 0 Å². The molecule has 1 aliphatic rings. The van der Waals surface area contributed by atoms with Crippen LogP contribution in [-0.2, 0) is 19.6 Å². The third-order valence-electron chi connectivity index (χ3n) is 4.80. The van der Waals surface area contributed by atoms with E-state index in [-0.39, 0.29) is 0 Å². The van der Waals surface area contributed by atoms with Gasteiger partial charge in [-0.15, -0.1) is 0 Å². The molecule has 128 valence electrons. The Bertz CT molecular complexity index is 838. The first-order valence-electron chi connectivity index (χ1n) is 8.99. The van der Waals surface area contributed by atoms with Crippen LogP contribution in [0.4, 0.5) is 5.69 Å². The van der Waals surface area contributed by atoms with Crippen LogP contribution in [0.15, 0.2) is 54.7 Å². The Balaban J connectivity index is 1.45. The molecule has 0 radical (unpaired) electrons. The Labute approximate surface area is 148 Å².